The number of hydrogen-bond donors (Lipinski definition) is 3. The van der Waals surface area contributed by atoms with Crippen molar-refractivity contribution in [3.05, 3.63) is 87.0 Å². The number of pyridine rings is 1. The van der Waals surface area contributed by atoms with Crippen LogP contribution in [0.5, 0.6) is 0 Å². The molecule has 39 heavy (non-hydrogen) atoms. The minimum Gasteiger partial charge on any atom is -0.374 e. The Bertz CT molecular complexity index is 1430. The van der Waals surface area contributed by atoms with Crippen LogP contribution in [-0.4, -0.2) is 34.2 Å². The number of rotatable bonds is 12. The van der Waals surface area contributed by atoms with Crippen LogP contribution in [0.3, 0.4) is 0 Å². The van der Waals surface area contributed by atoms with Gasteiger partial charge in [-0.1, -0.05) is 18.7 Å². The number of carbonyl (C=O) groups is 1. The number of aromatic nitrogens is 2. The molecule has 0 radical (unpaired) electrons. The Balaban J connectivity index is 2.03. The average molecular weight is 533 g/mol. The number of nitrogens with two attached hydrogens (primary N) is 1. The molecule has 2 aromatic heterocycles. The van der Waals surface area contributed by atoms with E-state index in [0.29, 0.717) is 17.7 Å². The number of benzene rings is 1. The summed E-state index contributed by atoms with van der Waals surface area (Å²) in [6.45, 7) is 18.6. The maximum atomic E-state index is 13.7. The van der Waals surface area contributed by atoms with E-state index < -0.39 is 0 Å². The number of aromatic amines is 1. The molecule has 0 bridgehead atoms. The van der Waals surface area contributed by atoms with Gasteiger partial charge in [-0.3, -0.25) is 9.59 Å². The van der Waals surface area contributed by atoms with Crippen molar-refractivity contribution in [3.8, 4) is 0 Å². The van der Waals surface area contributed by atoms with Gasteiger partial charge in [0.05, 0.1) is 12.2 Å². The molecule has 1 aromatic carbocycles. The number of carbonyl (C=O) groups excluding carboxylic acids is 1. The fourth-order valence-corrected chi connectivity index (χ4v) is 5.09. The first-order chi connectivity index (χ1) is 18.5. The van der Waals surface area contributed by atoms with Crippen LogP contribution in [0.2, 0.25) is 0 Å². The SMILES string of the molecule is C=C/C=C(\CCC(C)OC(C)CN)c1cc(C(=O)NCc2c(C)cc(C)[nH]c2=O)c2c(C)cn(C(C)C)c2c1. The predicted molar refractivity (Wildman–Crippen MR) is 161 cm³/mol. The molecule has 7 heteroatoms. The lowest BCUT2D eigenvalue weighted by Gasteiger charge is -2.19. The van der Waals surface area contributed by atoms with Gasteiger partial charge in [-0.2, -0.15) is 0 Å². The molecule has 7 nitrogen and oxygen atoms in total. The summed E-state index contributed by atoms with van der Waals surface area (Å²) in [5.41, 5.74) is 12.4. The second-order valence-electron chi connectivity index (χ2n) is 10.8. The molecule has 0 aliphatic rings. The Morgan fingerprint density at radius 2 is 1.85 bits per heavy atom. The number of amides is 1. The summed E-state index contributed by atoms with van der Waals surface area (Å²) in [5, 5.41) is 3.93. The second-order valence-corrected chi connectivity index (χ2v) is 10.8. The topological polar surface area (TPSA) is 102 Å². The number of fused-ring (bicyclic) bond motifs is 1. The van der Waals surface area contributed by atoms with Crippen LogP contribution in [0.15, 0.2) is 47.9 Å². The summed E-state index contributed by atoms with van der Waals surface area (Å²) >= 11 is 0. The average Bonchev–Trinajstić information content (AvgIpc) is 3.21. The molecular formula is C32H44N4O3. The second kappa shape index (κ2) is 13.1. The van der Waals surface area contributed by atoms with Gasteiger partial charge in [0.25, 0.3) is 11.5 Å². The number of ether oxygens (including phenoxy) is 1. The van der Waals surface area contributed by atoms with E-state index in [2.05, 4.69) is 54.5 Å². The molecule has 0 spiro atoms. The zero-order valence-electron chi connectivity index (χ0n) is 24.5. The van der Waals surface area contributed by atoms with Gasteiger partial charge in [0.1, 0.15) is 0 Å². The maximum Gasteiger partial charge on any atom is 0.253 e. The van der Waals surface area contributed by atoms with E-state index in [9.17, 15) is 9.59 Å². The molecular weight excluding hydrogens is 488 g/mol. The third kappa shape index (κ3) is 7.16. The van der Waals surface area contributed by atoms with E-state index in [4.69, 9.17) is 10.5 Å². The summed E-state index contributed by atoms with van der Waals surface area (Å²) in [5.74, 6) is -0.211. The monoisotopic (exact) mass is 532 g/mol. The highest BCUT2D eigenvalue weighted by atomic mass is 16.5. The lowest BCUT2D eigenvalue weighted by Crippen LogP contribution is -2.28. The van der Waals surface area contributed by atoms with Gasteiger partial charge < -0.3 is 25.3 Å². The molecule has 1 amide bonds. The highest BCUT2D eigenvalue weighted by Gasteiger charge is 2.20. The van der Waals surface area contributed by atoms with E-state index in [1.807, 2.05) is 45.9 Å². The van der Waals surface area contributed by atoms with Gasteiger partial charge >= 0.3 is 0 Å². The van der Waals surface area contributed by atoms with Crippen molar-refractivity contribution in [1.82, 2.24) is 14.9 Å². The number of H-pyrrole nitrogens is 1. The van der Waals surface area contributed by atoms with Crippen molar-refractivity contribution in [2.24, 2.45) is 5.73 Å². The molecule has 4 N–H and O–H groups in total. The number of hydrogen-bond acceptors (Lipinski definition) is 4. The van der Waals surface area contributed by atoms with Crippen LogP contribution < -0.4 is 16.6 Å². The zero-order valence-corrected chi connectivity index (χ0v) is 24.5. The van der Waals surface area contributed by atoms with Crippen molar-refractivity contribution in [1.29, 1.82) is 0 Å². The molecule has 0 aliphatic carbocycles. The highest BCUT2D eigenvalue weighted by Crippen LogP contribution is 2.33. The summed E-state index contributed by atoms with van der Waals surface area (Å²) in [7, 11) is 0. The zero-order chi connectivity index (χ0) is 28.9. The molecule has 0 saturated heterocycles. The van der Waals surface area contributed by atoms with Crippen molar-refractivity contribution in [2.45, 2.75) is 86.1 Å². The lowest BCUT2D eigenvalue weighted by atomic mass is 9.94. The molecule has 0 aliphatic heterocycles. The summed E-state index contributed by atoms with van der Waals surface area (Å²) in [6, 6.07) is 6.27. The minimum atomic E-state index is -0.211. The molecule has 3 rings (SSSR count). The summed E-state index contributed by atoms with van der Waals surface area (Å²) < 4.78 is 8.18. The number of aryl methyl sites for hydroxylation is 3. The quantitative estimate of drug-likeness (QED) is 0.254. The van der Waals surface area contributed by atoms with E-state index in [0.717, 1.165) is 51.7 Å². The van der Waals surface area contributed by atoms with Gasteiger partial charge in [-0.15, -0.1) is 0 Å². The van der Waals surface area contributed by atoms with Crippen molar-refractivity contribution >= 4 is 22.4 Å². The molecule has 2 heterocycles. The Morgan fingerprint density at radius 1 is 1.13 bits per heavy atom. The smallest absolute Gasteiger partial charge is 0.253 e. The highest BCUT2D eigenvalue weighted by molar-refractivity contribution is 6.09. The first-order valence-electron chi connectivity index (χ1n) is 13.8. The van der Waals surface area contributed by atoms with Gasteiger partial charge in [0, 0.05) is 53.1 Å². The lowest BCUT2D eigenvalue weighted by molar-refractivity contribution is 0.0101. The molecule has 2 atom stereocenters. The van der Waals surface area contributed by atoms with Crippen molar-refractivity contribution in [3.63, 3.8) is 0 Å². The third-order valence-electron chi connectivity index (χ3n) is 7.15. The van der Waals surface area contributed by atoms with Crippen LogP contribution in [0, 0.1) is 20.8 Å². The first kappa shape index (κ1) is 30.1. The minimum absolute atomic E-state index is 0.000166. The van der Waals surface area contributed by atoms with E-state index in [1.54, 1.807) is 6.08 Å². The van der Waals surface area contributed by atoms with Crippen LogP contribution in [0.25, 0.3) is 16.5 Å². The normalized spacial score (nSPS) is 13.6. The van der Waals surface area contributed by atoms with Gasteiger partial charge in [-0.05, 0) is 102 Å². The van der Waals surface area contributed by atoms with Crippen LogP contribution in [0.1, 0.15) is 84.9 Å². The molecule has 210 valence electrons. The molecule has 3 aromatic rings. The standard InChI is InChI=1S/C32H44N4O3/c1-9-10-25(12-11-23(7)39-24(8)16-33)26-14-27(30-21(5)18-36(19(2)3)29(30)15-26)31(37)34-17-28-20(4)13-22(6)35-32(28)38/h9-10,13-15,18-19,23-24H,1,11-12,16-17,33H2,2-8H3,(H,34,37)(H,35,38)/b25-10+. The fourth-order valence-electron chi connectivity index (χ4n) is 5.09. The van der Waals surface area contributed by atoms with E-state index in [1.165, 1.54) is 0 Å². The van der Waals surface area contributed by atoms with Crippen molar-refractivity contribution < 1.29 is 9.53 Å². The predicted octanol–water partition coefficient (Wildman–Crippen LogP) is 5.87. The Labute approximate surface area is 232 Å². The molecule has 0 fully saturated rings. The summed E-state index contributed by atoms with van der Waals surface area (Å²) in [6.07, 6.45) is 7.51. The van der Waals surface area contributed by atoms with Crippen LogP contribution in [-0.2, 0) is 11.3 Å². The van der Waals surface area contributed by atoms with Crippen LogP contribution in [0.4, 0.5) is 0 Å². The van der Waals surface area contributed by atoms with E-state index >= 15 is 0 Å². The summed E-state index contributed by atoms with van der Waals surface area (Å²) in [4.78, 5) is 29.1. The van der Waals surface area contributed by atoms with Gasteiger partial charge in [0.15, 0.2) is 0 Å². The van der Waals surface area contributed by atoms with Crippen LogP contribution >= 0.6 is 0 Å². The molecule has 2 unspecified atom stereocenters. The van der Waals surface area contributed by atoms with E-state index in [-0.39, 0.29) is 36.3 Å². The Hall–Kier alpha value is -3.42. The number of nitrogens with zero attached hydrogens (tertiary/aromatic N) is 1. The Morgan fingerprint density at radius 3 is 2.46 bits per heavy atom. The molecule has 0 saturated carbocycles. The Kier molecular flexibility index (Phi) is 10.1. The number of nitrogens with one attached hydrogen (secondary N) is 2. The fraction of sp³-hybridized carbons (Fsp3) is 0.438. The van der Waals surface area contributed by atoms with Gasteiger partial charge in [0.2, 0.25) is 0 Å². The third-order valence-corrected chi connectivity index (χ3v) is 7.15. The van der Waals surface area contributed by atoms with Gasteiger partial charge in [-0.25, -0.2) is 0 Å². The maximum absolute atomic E-state index is 13.7. The van der Waals surface area contributed by atoms with Crippen molar-refractivity contribution in [2.75, 3.05) is 6.54 Å². The number of allylic oxidation sites excluding steroid dienone is 3. The largest absolute Gasteiger partial charge is 0.374 e. The first-order valence-corrected chi connectivity index (χ1v) is 13.8.